The van der Waals surface area contributed by atoms with E-state index >= 15 is 0 Å². The number of hydrogen-bond acceptors (Lipinski definition) is 5. The third-order valence-corrected chi connectivity index (χ3v) is 3.80. The molecule has 0 aliphatic heterocycles. The van der Waals surface area contributed by atoms with Crippen molar-refractivity contribution in [3.05, 3.63) is 68.7 Å². The van der Waals surface area contributed by atoms with Gasteiger partial charge in [-0.2, -0.15) is 11.3 Å². The molecule has 3 aromatic rings. The largest absolute Gasteiger partial charge is 0.462 e. The van der Waals surface area contributed by atoms with Gasteiger partial charge < -0.3 is 9.15 Å². The van der Waals surface area contributed by atoms with Crippen molar-refractivity contribution in [3.63, 3.8) is 0 Å². The number of thiophene rings is 1. The lowest BCUT2D eigenvalue weighted by molar-refractivity contribution is 0.0505. The first-order valence-corrected chi connectivity index (χ1v) is 7.39. The van der Waals surface area contributed by atoms with Crippen LogP contribution < -0.4 is 5.63 Å². The Kier molecular flexibility index (Phi) is 3.83. The van der Waals surface area contributed by atoms with E-state index in [0.717, 1.165) is 5.56 Å². The molecule has 1 aromatic carbocycles. The first-order valence-electron chi connectivity index (χ1n) is 6.45. The zero-order chi connectivity index (χ0) is 14.7. The van der Waals surface area contributed by atoms with Gasteiger partial charge in [0.1, 0.15) is 11.1 Å². The molecule has 0 radical (unpaired) electrons. The maximum atomic E-state index is 12.0. The Labute approximate surface area is 124 Å². The van der Waals surface area contributed by atoms with Crippen LogP contribution in [0.4, 0.5) is 0 Å². The van der Waals surface area contributed by atoms with Gasteiger partial charge in [0.2, 0.25) is 0 Å². The molecule has 0 fully saturated rings. The second-order valence-electron chi connectivity index (χ2n) is 4.50. The molecule has 4 nitrogen and oxygen atoms in total. The van der Waals surface area contributed by atoms with Gasteiger partial charge >= 0.3 is 11.6 Å². The summed E-state index contributed by atoms with van der Waals surface area (Å²) in [5, 5.41) is 4.66. The average molecular weight is 300 g/mol. The lowest BCUT2D eigenvalue weighted by atomic mass is 10.2. The number of esters is 1. The molecule has 0 spiro atoms. The van der Waals surface area contributed by atoms with Crippen LogP contribution in [0.5, 0.6) is 0 Å². The van der Waals surface area contributed by atoms with E-state index in [1.165, 1.54) is 6.07 Å². The second kappa shape index (κ2) is 5.93. The molecule has 0 amide bonds. The molecule has 0 unspecified atom stereocenters. The second-order valence-corrected chi connectivity index (χ2v) is 5.28. The minimum absolute atomic E-state index is 0.0704. The predicted molar refractivity (Wildman–Crippen MR) is 80.8 cm³/mol. The number of fused-ring (bicyclic) bond motifs is 1. The van der Waals surface area contributed by atoms with E-state index in [1.807, 2.05) is 22.9 Å². The summed E-state index contributed by atoms with van der Waals surface area (Å²) in [6.07, 6.45) is 0.633. The number of carbonyl (C=O) groups is 1. The van der Waals surface area contributed by atoms with E-state index in [9.17, 15) is 9.59 Å². The lowest BCUT2D eigenvalue weighted by Gasteiger charge is -2.04. The van der Waals surface area contributed by atoms with E-state index in [0.29, 0.717) is 17.4 Å². The molecule has 21 heavy (non-hydrogen) atoms. The third-order valence-electron chi connectivity index (χ3n) is 3.07. The van der Waals surface area contributed by atoms with Crippen LogP contribution in [-0.4, -0.2) is 12.6 Å². The van der Waals surface area contributed by atoms with Gasteiger partial charge in [-0.3, -0.25) is 0 Å². The molecule has 2 aromatic heterocycles. The summed E-state index contributed by atoms with van der Waals surface area (Å²) in [5.74, 6) is -0.648. The highest BCUT2D eigenvalue weighted by Crippen LogP contribution is 2.13. The summed E-state index contributed by atoms with van der Waals surface area (Å²) in [7, 11) is 0. The van der Waals surface area contributed by atoms with Crippen LogP contribution in [0.15, 0.2) is 56.4 Å². The van der Waals surface area contributed by atoms with E-state index in [-0.39, 0.29) is 12.2 Å². The number of rotatable bonds is 4. The van der Waals surface area contributed by atoms with Gasteiger partial charge in [0.15, 0.2) is 0 Å². The van der Waals surface area contributed by atoms with Crippen molar-refractivity contribution in [2.24, 2.45) is 0 Å². The van der Waals surface area contributed by atoms with Crippen molar-refractivity contribution >= 4 is 28.3 Å². The fourth-order valence-electron chi connectivity index (χ4n) is 1.98. The Morgan fingerprint density at radius 1 is 1.24 bits per heavy atom. The van der Waals surface area contributed by atoms with Gasteiger partial charge in [0.05, 0.1) is 6.61 Å². The highest BCUT2D eigenvalue weighted by molar-refractivity contribution is 7.07. The number of hydrogen-bond donors (Lipinski definition) is 0. The molecule has 3 rings (SSSR count). The molecular weight excluding hydrogens is 288 g/mol. The third kappa shape index (κ3) is 3.03. The Hall–Kier alpha value is -2.40. The van der Waals surface area contributed by atoms with Crippen LogP contribution in [0.25, 0.3) is 11.0 Å². The molecule has 0 N–H and O–H groups in total. The van der Waals surface area contributed by atoms with Gasteiger partial charge in [-0.25, -0.2) is 9.59 Å². The quantitative estimate of drug-likeness (QED) is 0.548. The molecule has 0 aliphatic rings. The Morgan fingerprint density at radius 2 is 2.10 bits per heavy atom. The maximum absolute atomic E-state index is 12.0. The fraction of sp³-hybridized carbons (Fsp3) is 0.125. The predicted octanol–water partition coefficient (Wildman–Crippen LogP) is 3.25. The van der Waals surface area contributed by atoms with Gasteiger partial charge in [-0.15, -0.1) is 0 Å². The number of para-hydroxylation sites is 1. The Balaban J connectivity index is 1.75. The topological polar surface area (TPSA) is 56.5 Å². The van der Waals surface area contributed by atoms with Gasteiger partial charge in [0, 0.05) is 11.8 Å². The molecule has 0 saturated carbocycles. The summed E-state index contributed by atoms with van der Waals surface area (Å²) in [4.78, 5) is 23.8. The molecule has 0 saturated heterocycles. The van der Waals surface area contributed by atoms with E-state index < -0.39 is 11.6 Å². The van der Waals surface area contributed by atoms with Crippen molar-refractivity contribution in [3.8, 4) is 0 Å². The van der Waals surface area contributed by atoms with Crippen LogP contribution in [-0.2, 0) is 11.2 Å². The first kappa shape index (κ1) is 13.6. The van der Waals surface area contributed by atoms with Gasteiger partial charge in [-0.05, 0) is 34.5 Å². The summed E-state index contributed by atoms with van der Waals surface area (Å²) < 4.78 is 10.2. The SMILES string of the molecule is O=C(OCCc1ccsc1)c1cc2ccccc2oc1=O. The van der Waals surface area contributed by atoms with Crippen molar-refractivity contribution in [2.45, 2.75) is 6.42 Å². The van der Waals surface area contributed by atoms with E-state index in [2.05, 4.69) is 0 Å². The van der Waals surface area contributed by atoms with Gasteiger partial charge in [0.25, 0.3) is 0 Å². The van der Waals surface area contributed by atoms with Crippen molar-refractivity contribution in [2.75, 3.05) is 6.61 Å². The van der Waals surface area contributed by atoms with Crippen molar-refractivity contribution in [1.82, 2.24) is 0 Å². The highest BCUT2D eigenvalue weighted by Gasteiger charge is 2.14. The Bertz CT molecular complexity index is 818. The Morgan fingerprint density at radius 3 is 2.90 bits per heavy atom. The van der Waals surface area contributed by atoms with Crippen LogP contribution in [0.1, 0.15) is 15.9 Å². The zero-order valence-electron chi connectivity index (χ0n) is 11.1. The average Bonchev–Trinajstić information content (AvgIpc) is 2.99. The van der Waals surface area contributed by atoms with Crippen LogP contribution in [0.2, 0.25) is 0 Å². The fourth-order valence-corrected chi connectivity index (χ4v) is 2.68. The molecule has 5 heteroatoms. The van der Waals surface area contributed by atoms with Crippen LogP contribution in [0, 0.1) is 0 Å². The molecule has 106 valence electrons. The molecule has 0 atom stereocenters. The summed E-state index contributed by atoms with van der Waals surface area (Å²) in [6, 6.07) is 10.5. The van der Waals surface area contributed by atoms with Crippen molar-refractivity contribution in [1.29, 1.82) is 0 Å². The van der Waals surface area contributed by atoms with Gasteiger partial charge in [-0.1, -0.05) is 18.2 Å². The summed E-state index contributed by atoms with van der Waals surface area (Å²) >= 11 is 1.59. The highest BCUT2D eigenvalue weighted by atomic mass is 32.1. The number of ether oxygens (including phenoxy) is 1. The zero-order valence-corrected chi connectivity index (χ0v) is 11.9. The smallest absolute Gasteiger partial charge is 0.351 e. The van der Waals surface area contributed by atoms with E-state index in [4.69, 9.17) is 9.15 Å². The van der Waals surface area contributed by atoms with Crippen molar-refractivity contribution < 1.29 is 13.9 Å². The molecule has 0 bridgehead atoms. The maximum Gasteiger partial charge on any atom is 0.351 e. The lowest BCUT2D eigenvalue weighted by Crippen LogP contribution is -2.17. The first-order chi connectivity index (χ1) is 10.2. The van der Waals surface area contributed by atoms with Crippen LogP contribution >= 0.6 is 11.3 Å². The minimum atomic E-state index is -0.672. The summed E-state index contributed by atoms with van der Waals surface area (Å²) in [6.45, 7) is 0.238. The molecular formula is C16H12O4S. The number of carbonyl (C=O) groups excluding carboxylic acids is 1. The monoisotopic (exact) mass is 300 g/mol. The molecule has 0 aliphatic carbocycles. The van der Waals surface area contributed by atoms with E-state index in [1.54, 1.807) is 29.5 Å². The molecule has 2 heterocycles. The number of benzene rings is 1. The minimum Gasteiger partial charge on any atom is -0.462 e. The normalized spacial score (nSPS) is 10.7. The van der Waals surface area contributed by atoms with Crippen LogP contribution in [0.3, 0.4) is 0 Å². The standard InChI is InChI=1S/C16H12O4S/c17-15(19-7-5-11-6-8-21-10-11)13-9-12-3-1-2-4-14(12)20-16(13)18/h1-4,6,8-10H,5,7H2. The summed E-state index contributed by atoms with van der Waals surface area (Å²) in [5.41, 5.74) is 0.823.